The molecule has 0 N–H and O–H groups in total. The van der Waals surface area contributed by atoms with Crippen LogP contribution in [0.4, 0.5) is 19.0 Å². The fourth-order valence-corrected chi connectivity index (χ4v) is 3.22. The topological polar surface area (TPSA) is 66.6 Å². The Balaban J connectivity index is 1.66. The molecule has 146 valence electrons. The van der Waals surface area contributed by atoms with E-state index in [1.54, 1.807) is 30.2 Å². The van der Waals surface area contributed by atoms with E-state index < -0.39 is 11.9 Å². The third-order valence-electron chi connectivity index (χ3n) is 4.74. The Morgan fingerprint density at radius 3 is 2.50 bits per heavy atom. The van der Waals surface area contributed by atoms with Gasteiger partial charge in [0.25, 0.3) is 0 Å². The molecule has 1 fully saturated rings. The van der Waals surface area contributed by atoms with Crippen LogP contribution in [-0.2, 0) is 11.0 Å². The van der Waals surface area contributed by atoms with Gasteiger partial charge in [-0.2, -0.15) is 18.3 Å². The zero-order chi connectivity index (χ0) is 19.9. The first-order valence-electron chi connectivity index (χ1n) is 8.72. The predicted octanol–water partition coefficient (Wildman–Crippen LogP) is 2.48. The number of amides is 1. The number of hydrogen-bond acceptors (Lipinski definition) is 5. The molecule has 1 aliphatic rings. The summed E-state index contributed by atoms with van der Waals surface area (Å²) in [5.74, 6) is 0.737. The Hall–Kier alpha value is -3.17. The summed E-state index contributed by atoms with van der Waals surface area (Å²) in [7, 11) is 0. The zero-order valence-corrected chi connectivity index (χ0v) is 15.0. The van der Waals surface area contributed by atoms with Gasteiger partial charge in [0.15, 0.2) is 11.3 Å². The summed E-state index contributed by atoms with van der Waals surface area (Å²) in [5.41, 5.74) is 0.468. The Labute approximate surface area is 158 Å². The molecule has 1 amide bonds. The van der Waals surface area contributed by atoms with Gasteiger partial charge in [-0.05, 0) is 24.3 Å². The molecule has 0 saturated carbocycles. The van der Waals surface area contributed by atoms with Crippen molar-refractivity contribution in [3.8, 4) is 11.3 Å². The summed E-state index contributed by atoms with van der Waals surface area (Å²) < 4.78 is 40.2. The van der Waals surface area contributed by atoms with Crippen LogP contribution in [0.2, 0.25) is 0 Å². The maximum absolute atomic E-state index is 13.0. The highest BCUT2D eigenvalue weighted by Gasteiger charge is 2.33. The molecule has 0 atom stereocenters. The summed E-state index contributed by atoms with van der Waals surface area (Å²) in [6.07, 6.45) is -1.43. The predicted molar refractivity (Wildman–Crippen MR) is 95.7 cm³/mol. The molecule has 4 heterocycles. The first-order chi connectivity index (χ1) is 13.3. The number of piperazine rings is 1. The summed E-state index contributed by atoms with van der Waals surface area (Å²) in [4.78, 5) is 23.8. The van der Waals surface area contributed by atoms with E-state index >= 15 is 0 Å². The van der Waals surface area contributed by atoms with E-state index in [9.17, 15) is 18.0 Å². The molecule has 0 aromatic carbocycles. The normalized spacial score (nSPS) is 15.3. The van der Waals surface area contributed by atoms with Gasteiger partial charge in [0.2, 0.25) is 5.91 Å². The number of halogens is 3. The Bertz CT molecular complexity index is 1020. The van der Waals surface area contributed by atoms with Crippen molar-refractivity contribution in [1.82, 2.24) is 24.5 Å². The van der Waals surface area contributed by atoms with Crippen molar-refractivity contribution in [2.24, 2.45) is 0 Å². The lowest BCUT2D eigenvalue weighted by atomic mass is 10.2. The molecule has 1 aliphatic heterocycles. The van der Waals surface area contributed by atoms with Gasteiger partial charge in [-0.25, -0.2) is 14.5 Å². The molecule has 10 heteroatoms. The molecule has 3 aromatic heterocycles. The molecular formula is C18H17F3N6O. The number of nitrogens with zero attached hydrogens (tertiary/aromatic N) is 6. The van der Waals surface area contributed by atoms with E-state index in [1.165, 1.54) is 16.8 Å². The number of rotatable bonds is 2. The van der Waals surface area contributed by atoms with E-state index in [0.717, 1.165) is 6.07 Å². The summed E-state index contributed by atoms with van der Waals surface area (Å²) in [6.45, 7) is 4.03. The SMILES string of the molecule is CC(=O)N1CCN(c2cc(-c3cnc4ccc(C(F)(F)F)nn34)ccn2)CC1. The summed E-state index contributed by atoms with van der Waals surface area (Å²) in [5, 5.41) is 3.71. The fourth-order valence-electron chi connectivity index (χ4n) is 3.22. The van der Waals surface area contributed by atoms with Crippen molar-refractivity contribution < 1.29 is 18.0 Å². The summed E-state index contributed by atoms with van der Waals surface area (Å²) in [6, 6.07) is 5.72. The molecule has 0 unspecified atom stereocenters. The Morgan fingerprint density at radius 1 is 1.07 bits per heavy atom. The van der Waals surface area contributed by atoms with Gasteiger partial charge in [-0.3, -0.25) is 4.79 Å². The van der Waals surface area contributed by atoms with Crippen LogP contribution in [0.25, 0.3) is 16.9 Å². The second kappa shape index (κ2) is 6.77. The lowest BCUT2D eigenvalue weighted by Gasteiger charge is -2.35. The van der Waals surface area contributed by atoms with Gasteiger partial charge < -0.3 is 9.80 Å². The molecule has 1 saturated heterocycles. The highest BCUT2D eigenvalue weighted by atomic mass is 19.4. The molecule has 0 spiro atoms. The standard InChI is InChI=1S/C18H17F3N6O/c1-12(28)25-6-8-26(9-7-25)17-10-13(4-5-22-17)14-11-23-16-3-2-15(18(19,20)21)24-27(14)16/h2-5,10-11H,6-9H2,1H3. The van der Waals surface area contributed by atoms with Crippen molar-refractivity contribution in [3.63, 3.8) is 0 Å². The average molecular weight is 390 g/mol. The first-order valence-corrected chi connectivity index (χ1v) is 8.72. The van der Waals surface area contributed by atoms with Crippen LogP contribution < -0.4 is 4.90 Å². The van der Waals surface area contributed by atoms with E-state index in [1.807, 2.05) is 4.90 Å². The fraction of sp³-hybridized carbons (Fsp3) is 0.333. The van der Waals surface area contributed by atoms with Gasteiger partial charge in [0, 0.05) is 44.9 Å². The largest absolute Gasteiger partial charge is 0.435 e. The van der Waals surface area contributed by atoms with Crippen molar-refractivity contribution >= 4 is 17.4 Å². The van der Waals surface area contributed by atoms with Crippen LogP contribution in [0.1, 0.15) is 12.6 Å². The minimum Gasteiger partial charge on any atom is -0.353 e. The number of hydrogen-bond donors (Lipinski definition) is 0. The van der Waals surface area contributed by atoms with Gasteiger partial charge in [-0.15, -0.1) is 0 Å². The molecule has 28 heavy (non-hydrogen) atoms. The zero-order valence-electron chi connectivity index (χ0n) is 15.0. The lowest BCUT2D eigenvalue weighted by Crippen LogP contribution is -2.48. The van der Waals surface area contributed by atoms with Crippen LogP contribution in [0.3, 0.4) is 0 Å². The quantitative estimate of drug-likeness (QED) is 0.673. The molecule has 3 aromatic rings. The van der Waals surface area contributed by atoms with Gasteiger partial charge in [0.1, 0.15) is 5.82 Å². The Morgan fingerprint density at radius 2 is 1.82 bits per heavy atom. The van der Waals surface area contributed by atoms with Crippen LogP contribution in [-0.4, -0.2) is 56.6 Å². The third kappa shape index (κ3) is 3.37. The van der Waals surface area contributed by atoms with Crippen molar-refractivity contribution in [2.45, 2.75) is 13.1 Å². The van der Waals surface area contributed by atoms with Gasteiger partial charge >= 0.3 is 6.18 Å². The number of imidazole rings is 1. The molecule has 4 rings (SSSR count). The van der Waals surface area contributed by atoms with Crippen LogP contribution in [0, 0.1) is 0 Å². The highest BCUT2D eigenvalue weighted by molar-refractivity contribution is 5.73. The number of carbonyl (C=O) groups excluding carboxylic acids is 1. The maximum Gasteiger partial charge on any atom is 0.435 e. The van der Waals surface area contributed by atoms with Crippen LogP contribution >= 0.6 is 0 Å². The maximum atomic E-state index is 13.0. The first kappa shape index (κ1) is 18.2. The second-order valence-electron chi connectivity index (χ2n) is 6.53. The minimum absolute atomic E-state index is 0.0404. The molecule has 0 radical (unpaired) electrons. The molecule has 7 nitrogen and oxygen atoms in total. The smallest absolute Gasteiger partial charge is 0.353 e. The number of pyridine rings is 1. The number of fused-ring (bicyclic) bond motifs is 1. The van der Waals surface area contributed by atoms with Crippen molar-refractivity contribution in [1.29, 1.82) is 0 Å². The van der Waals surface area contributed by atoms with Crippen LogP contribution in [0.5, 0.6) is 0 Å². The molecule has 0 bridgehead atoms. The van der Waals surface area contributed by atoms with E-state index in [-0.39, 0.29) is 5.91 Å². The number of aromatic nitrogens is 4. The number of alkyl halides is 3. The van der Waals surface area contributed by atoms with E-state index in [0.29, 0.717) is 48.9 Å². The van der Waals surface area contributed by atoms with Crippen molar-refractivity contribution in [3.05, 3.63) is 42.4 Å². The minimum atomic E-state index is -4.53. The summed E-state index contributed by atoms with van der Waals surface area (Å²) >= 11 is 0. The highest BCUT2D eigenvalue weighted by Crippen LogP contribution is 2.29. The van der Waals surface area contributed by atoms with Crippen LogP contribution in [0.15, 0.2) is 36.7 Å². The Kier molecular flexibility index (Phi) is 4.40. The molecule has 0 aliphatic carbocycles. The van der Waals surface area contributed by atoms with Gasteiger partial charge in [-0.1, -0.05) is 0 Å². The molecular weight excluding hydrogens is 373 g/mol. The monoisotopic (exact) mass is 390 g/mol. The number of anilines is 1. The number of carbonyl (C=O) groups is 1. The van der Waals surface area contributed by atoms with E-state index in [4.69, 9.17) is 0 Å². The third-order valence-corrected chi connectivity index (χ3v) is 4.74. The van der Waals surface area contributed by atoms with Crippen molar-refractivity contribution in [2.75, 3.05) is 31.1 Å². The van der Waals surface area contributed by atoms with E-state index in [2.05, 4.69) is 15.1 Å². The van der Waals surface area contributed by atoms with Gasteiger partial charge in [0.05, 0.1) is 11.9 Å². The lowest BCUT2D eigenvalue weighted by molar-refractivity contribution is -0.141. The second-order valence-corrected chi connectivity index (χ2v) is 6.53. The average Bonchev–Trinajstić information content (AvgIpc) is 3.11.